The van der Waals surface area contributed by atoms with Gasteiger partial charge in [-0.15, -0.1) is 0 Å². The zero-order valence-corrected chi connectivity index (χ0v) is 13.9. The van der Waals surface area contributed by atoms with Crippen molar-refractivity contribution in [2.24, 2.45) is 0 Å². The normalized spacial score (nSPS) is 24.1. The van der Waals surface area contributed by atoms with Crippen LogP contribution in [0.15, 0.2) is 18.2 Å². The molecule has 0 spiro atoms. The molecule has 0 aliphatic carbocycles. The first-order chi connectivity index (χ1) is 9.58. The summed E-state index contributed by atoms with van der Waals surface area (Å²) < 4.78 is 0. The van der Waals surface area contributed by atoms with Gasteiger partial charge in [-0.3, -0.25) is 0 Å². The molecular formula is C17H27ClN2. The summed E-state index contributed by atoms with van der Waals surface area (Å²) in [5, 5.41) is 4.32. The average molecular weight is 295 g/mol. The van der Waals surface area contributed by atoms with Crippen LogP contribution >= 0.6 is 11.6 Å². The van der Waals surface area contributed by atoms with Crippen molar-refractivity contribution < 1.29 is 0 Å². The van der Waals surface area contributed by atoms with Gasteiger partial charge in [0.1, 0.15) is 0 Å². The van der Waals surface area contributed by atoms with Crippen LogP contribution < -0.4 is 10.2 Å². The van der Waals surface area contributed by atoms with Gasteiger partial charge in [-0.2, -0.15) is 0 Å². The molecule has 20 heavy (non-hydrogen) atoms. The third-order valence-electron chi connectivity index (χ3n) is 4.52. The van der Waals surface area contributed by atoms with Gasteiger partial charge in [0, 0.05) is 18.1 Å². The molecule has 0 aromatic heterocycles. The van der Waals surface area contributed by atoms with E-state index in [0.717, 1.165) is 11.6 Å². The van der Waals surface area contributed by atoms with Crippen molar-refractivity contribution in [2.45, 2.75) is 65.1 Å². The summed E-state index contributed by atoms with van der Waals surface area (Å²) in [6.45, 7) is 9.86. The Morgan fingerprint density at radius 3 is 2.70 bits per heavy atom. The number of benzene rings is 1. The molecule has 1 saturated heterocycles. The van der Waals surface area contributed by atoms with Gasteiger partial charge in [0.2, 0.25) is 0 Å². The van der Waals surface area contributed by atoms with Crippen molar-refractivity contribution in [1.82, 2.24) is 5.32 Å². The van der Waals surface area contributed by atoms with E-state index in [4.69, 9.17) is 11.6 Å². The molecule has 1 fully saturated rings. The molecule has 0 saturated carbocycles. The molecule has 2 rings (SSSR count). The minimum atomic E-state index is 0.351. The summed E-state index contributed by atoms with van der Waals surface area (Å²) in [4.78, 5) is 2.52. The van der Waals surface area contributed by atoms with Gasteiger partial charge in [0.15, 0.2) is 0 Å². The molecule has 3 unspecified atom stereocenters. The first-order valence-electron chi connectivity index (χ1n) is 7.89. The van der Waals surface area contributed by atoms with Gasteiger partial charge in [-0.25, -0.2) is 0 Å². The number of nitrogens with one attached hydrogen (secondary N) is 1. The Bertz CT molecular complexity index is 447. The number of halogens is 1. The van der Waals surface area contributed by atoms with E-state index in [1.807, 2.05) is 0 Å². The third-order valence-corrected chi connectivity index (χ3v) is 4.82. The molecule has 0 bridgehead atoms. The summed E-state index contributed by atoms with van der Waals surface area (Å²) in [5.74, 6) is 0. The lowest BCUT2D eigenvalue weighted by atomic mass is 10.1. The van der Waals surface area contributed by atoms with Crippen LogP contribution in [-0.4, -0.2) is 18.6 Å². The quantitative estimate of drug-likeness (QED) is 0.841. The molecular weight excluding hydrogens is 268 g/mol. The number of nitrogens with zero attached hydrogens (tertiary/aromatic N) is 1. The van der Waals surface area contributed by atoms with Gasteiger partial charge in [-0.05, 0) is 57.4 Å². The summed E-state index contributed by atoms with van der Waals surface area (Å²) in [6.07, 6.45) is 3.74. The third kappa shape index (κ3) is 3.12. The van der Waals surface area contributed by atoms with Crippen molar-refractivity contribution >= 4 is 17.3 Å². The number of anilines is 1. The lowest BCUT2D eigenvalue weighted by Gasteiger charge is -2.31. The number of hydrogen-bond donors (Lipinski definition) is 1. The van der Waals surface area contributed by atoms with Crippen molar-refractivity contribution in [1.29, 1.82) is 0 Å². The molecule has 3 heteroatoms. The van der Waals surface area contributed by atoms with Crippen molar-refractivity contribution in [2.75, 3.05) is 11.4 Å². The van der Waals surface area contributed by atoms with Gasteiger partial charge in [0.25, 0.3) is 0 Å². The predicted molar refractivity (Wildman–Crippen MR) is 88.8 cm³/mol. The highest BCUT2D eigenvalue weighted by Crippen LogP contribution is 2.37. The zero-order valence-electron chi connectivity index (χ0n) is 13.1. The van der Waals surface area contributed by atoms with E-state index in [2.05, 4.69) is 56.1 Å². The molecule has 1 aromatic rings. The van der Waals surface area contributed by atoms with Crippen LogP contribution in [0.5, 0.6) is 0 Å². The highest BCUT2D eigenvalue weighted by Gasteiger charge is 2.30. The van der Waals surface area contributed by atoms with E-state index >= 15 is 0 Å². The largest absolute Gasteiger partial charge is 0.365 e. The Kier molecular flexibility index (Phi) is 5.34. The first-order valence-corrected chi connectivity index (χ1v) is 8.27. The van der Waals surface area contributed by atoms with Crippen LogP contribution in [0.1, 0.15) is 58.6 Å². The van der Waals surface area contributed by atoms with E-state index in [1.165, 1.54) is 30.5 Å². The minimum absolute atomic E-state index is 0.351. The maximum Gasteiger partial charge on any atom is 0.0643 e. The lowest BCUT2D eigenvalue weighted by Crippen LogP contribution is -2.34. The Labute approximate surface area is 128 Å². The molecule has 112 valence electrons. The van der Waals surface area contributed by atoms with E-state index in [-0.39, 0.29) is 0 Å². The van der Waals surface area contributed by atoms with Gasteiger partial charge in [0.05, 0.1) is 10.7 Å². The molecule has 1 N–H and O–H groups in total. The van der Waals surface area contributed by atoms with Crippen LogP contribution in [-0.2, 0) is 0 Å². The van der Waals surface area contributed by atoms with E-state index < -0.39 is 0 Å². The molecule has 1 aliphatic heterocycles. The first kappa shape index (κ1) is 15.7. The van der Waals surface area contributed by atoms with E-state index in [9.17, 15) is 0 Å². The van der Waals surface area contributed by atoms with Crippen LogP contribution in [0.25, 0.3) is 0 Å². The van der Waals surface area contributed by atoms with Gasteiger partial charge >= 0.3 is 0 Å². The van der Waals surface area contributed by atoms with Gasteiger partial charge < -0.3 is 10.2 Å². The number of hydrogen-bond acceptors (Lipinski definition) is 2. The SMILES string of the molecule is CCNC(C)c1ccc(N2C(C)CCC2CC)c(Cl)c1. The molecule has 1 heterocycles. The lowest BCUT2D eigenvalue weighted by molar-refractivity contribution is 0.597. The fourth-order valence-electron chi connectivity index (χ4n) is 3.33. The van der Waals surface area contributed by atoms with E-state index in [0.29, 0.717) is 18.1 Å². The predicted octanol–water partition coefficient (Wildman–Crippen LogP) is 4.78. The summed E-state index contributed by atoms with van der Waals surface area (Å²) in [7, 11) is 0. The zero-order chi connectivity index (χ0) is 14.7. The maximum absolute atomic E-state index is 6.57. The summed E-state index contributed by atoms with van der Waals surface area (Å²) in [5.41, 5.74) is 2.47. The van der Waals surface area contributed by atoms with Crippen molar-refractivity contribution in [3.05, 3.63) is 28.8 Å². The van der Waals surface area contributed by atoms with Crippen molar-refractivity contribution in [3.8, 4) is 0 Å². The second-order valence-corrected chi connectivity index (χ2v) is 6.29. The van der Waals surface area contributed by atoms with Crippen molar-refractivity contribution in [3.63, 3.8) is 0 Å². The molecule has 1 aliphatic rings. The second-order valence-electron chi connectivity index (χ2n) is 5.89. The molecule has 1 aromatic carbocycles. The monoisotopic (exact) mass is 294 g/mol. The fraction of sp³-hybridized carbons (Fsp3) is 0.647. The van der Waals surface area contributed by atoms with E-state index in [1.54, 1.807) is 0 Å². The highest BCUT2D eigenvalue weighted by molar-refractivity contribution is 6.33. The standard InChI is InChI=1S/C17H27ClN2/c1-5-15-9-7-12(3)20(15)17-10-8-14(11-16(17)18)13(4)19-6-2/h8,10-13,15,19H,5-7,9H2,1-4H3. The Morgan fingerprint density at radius 2 is 2.10 bits per heavy atom. The van der Waals surface area contributed by atoms with Crippen LogP contribution in [0.2, 0.25) is 5.02 Å². The van der Waals surface area contributed by atoms with Gasteiger partial charge in [-0.1, -0.05) is 31.5 Å². The Hall–Kier alpha value is -0.730. The summed E-state index contributed by atoms with van der Waals surface area (Å²) >= 11 is 6.57. The highest BCUT2D eigenvalue weighted by atomic mass is 35.5. The molecule has 2 nitrogen and oxygen atoms in total. The summed E-state index contributed by atoms with van der Waals surface area (Å²) in [6, 6.07) is 8.13. The van der Waals surface area contributed by atoms with Crippen LogP contribution in [0.4, 0.5) is 5.69 Å². The molecule has 3 atom stereocenters. The van der Waals surface area contributed by atoms with Crippen LogP contribution in [0.3, 0.4) is 0 Å². The molecule has 0 amide bonds. The Balaban J connectivity index is 2.25. The molecule has 0 radical (unpaired) electrons. The number of rotatable bonds is 5. The second kappa shape index (κ2) is 6.82. The Morgan fingerprint density at radius 1 is 1.35 bits per heavy atom. The topological polar surface area (TPSA) is 15.3 Å². The average Bonchev–Trinajstić information content (AvgIpc) is 2.80. The fourth-order valence-corrected chi connectivity index (χ4v) is 3.62. The minimum Gasteiger partial charge on any atom is -0.365 e. The van der Waals surface area contributed by atoms with Crippen LogP contribution in [0, 0.1) is 0 Å². The smallest absolute Gasteiger partial charge is 0.0643 e. The maximum atomic E-state index is 6.57.